The third-order valence-electron chi connectivity index (χ3n) is 5.21. The number of aliphatic hydroxyl groups is 1. The molecule has 3 rings (SSSR count). The van der Waals surface area contributed by atoms with E-state index in [9.17, 15) is 9.90 Å². The van der Waals surface area contributed by atoms with E-state index in [1.807, 2.05) is 19.2 Å². The summed E-state index contributed by atoms with van der Waals surface area (Å²) in [6, 6.07) is 4.06. The minimum Gasteiger partial charge on any atom is -0.495 e. The Labute approximate surface area is 237 Å². The monoisotopic (exact) mass is 743 g/mol. The van der Waals surface area contributed by atoms with Crippen LogP contribution >= 0.6 is 63.7 Å². The number of nitrogens with zero attached hydrogens (tertiary/aromatic N) is 1. The molecule has 13 heteroatoms. The standard InChI is InChI=1S/C22H25Br4N3O6/c1-27-6-4-12-8-13(23)19(14(24)9-12)33-7-3-5-28-21(31)17-20(30)22(35-29-17)10-15(25)18(32-2)16(26)11-34-22/h8-9,11,20,27,30H,3-7,10H2,1-2H3,(H,28,31)/t20-,22?/m0/s1. The number of methoxy groups -OCH3 is 1. The molecule has 0 aromatic heterocycles. The maximum Gasteiger partial charge on any atom is 0.311 e. The smallest absolute Gasteiger partial charge is 0.311 e. The maximum absolute atomic E-state index is 12.6. The zero-order chi connectivity index (χ0) is 25.6. The maximum atomic E-state index is 12.6. The fourth-order valence-corrected chi connectivity index (χ4v) is 6.44. The molecule has 9 nitrogen and oxygen atoms in total. The molecule has 1 unspecified atom stereocenters. The molecule has 0 fully saturated rings. The average molecular weight is 747 g/mol. The Kier molecular flexibility index (Phi) is 10.5. The molecule has 1 aromatic carbocycles. The number of hydrogen-bond acceptors (Lipinski definition) is 8. The molecule has 1 amide bonds. The second-order valence-electron chi connectivity index (χ2n) is 7.68. The molecule has 1 spiro atoms. The van der Waals surface area contributed by atoms with Crippen LogP contribution in [0, 0.1) is 0 Å². The summed E-state index contributed by atoms with van der Waals surface area (Å²) in [4.78, 5) is 18.0. The molecule has 0 bridgehead atoms. The third kappa shape index (κ3) is 6.80. The van der Waals surface area contributed by atoms with Crippen molar-refractivity contribution in [3.05, 3.63) is 47.6 Å². The fourth-order valence-electron chi connectivity index (χ4n) is 3.40. The molecule has 0 radical (unpaired) electrons. The Morgan fingerprint density at radius 1 is 1.26 bits per heavy atom. The molecular weight excluding hydrogens is 722 g/mol. The first kappa shape index (κ1) is 28.5. The largest absolute Gasteiger partial charge is 0.495 e. The van der Waals surface area contributed by atoms with Crippen molar-refractivity contribution >= 4 is 75.3 Å². The Balaban J connectivity index is 1.49. The van der Waals surface area contributed by atoms with Gasteiger partial charge in [0.15, 0.2) is 11.8 Å². The molecule has 0 saturated carbocycles. The molecule has 192 valence electrons. The van der Waals surface area contributed by atoms with Crippen LogP contribution < -0.4 is 15.4 Å². The molecule has 2 aliphatic heterocycles. The van der Waals surface area contributed by atoms with Crippen LogP contribution in [0.1, 0.15) is 18.4 Å². The van der Waals surface area contributed by atoms with Crippen molar-refractivity contribution < 1.29 is 28.9 Å². The Hall–Kier alpha value is -1.12. The van der Waals surface area contributed by atoms with Gasteiger partial charge in [-0.15, -0.1) is 0 Å². The van der Waals surface area contributed by atoms with E-state index in [2.05, 4.69) is 79.5 Å². The number of allylic oxidation sites excluding steroid dienone is 1. The topological polar surface area (TPSA) is 111 Å². The van der Waals surface area contributed by atoms with Gasteiger partial charge in [-0.05, 0) is 91.9 Å². The summed E-state index contributed by atoms with van der Waals surface area (Å²) in [5.74, 6) is -0.935. The lowest BCUT2D eigenvalue weighted by atomic mass is 10.0. The van der Waals surface area contributed by atoms with Crippen LogP contribution in [0.15, 0.2) is 47.2 Å². The number of hydrogen-bond donors (Lipinski definition) is 3. The summed E-state index contributed by atoms with van der Waals surface area (Å²) in [6.07, 6.45) is 1.45. The van der Waals surface area contributed by atoms with Crippen LogP contribution in [0.4, 0.5) is 0 Å². The summed E-state index contributed by atoms with van der Waals surface area (Å²) >= 11 is 13.9. The average Bonchev–Trinajstić information content (AvgIpc) is 3.06. The third-order valence-corrected chi connectivity index (χ3v) is 7.58. The van der Waals surface area contributed by atoms with E-state index in [0.717, 1.165) is 21.9 Å². The van der Waals surface area contributed by atoms with Crippen LogP contribution in [-0.2, 0) is 25.5 Å². The number of nitrogens with one attached hydrogen (secondary N) is 2. The Bertz CT molecular complexity index is 1030. The van der Waals surface area contributed by atoms with E-state index in [4.69, 9.17) is 19.0 Å². The molecule has 1 aromatic rings. The lowest BCUT2D eigenvalue weighted by Crippen LogP contribution is -2.49. The van der Waals surface area contributed by atoms with E-state index >= 15 is 0 Å². The minimum absolute atomic E-state index is 0.0779. The van der Waals surface area contributed by atoms with Crippen molar-refractivity contribution in [2.75, 3.05) is 33.9 Å². The van der Waals surface area contributed by atoms with Crippen molar-refractivity contribution in [2.24, 2.45) is 5.16 Å². The first-order valence-corrected chi connectivity index (χ1v) is 13.8. The van der Waals surface area contributed by atoms with E-state index in [1.165, 1.54) is 18.9 Å². The van der Waals surface area contributed by atoms with Crippen molar-refractivity contribution in [1.29, 1.82) is 0 Å². The first-order valence-electron chi connectivity index (χ1n) is 10.7. The van der Waals surface area contributed by atoms with Crippen molar-refractivity contribution in [3.63, 3.8) is 0 Å². The molecule has 35 heavy (non-hydrogen) atoms. The molecule has 2 heterocycles. The lowest BCUT2D eigenvalue weighted by molar-refractivity contribution is -0.225. The van der Waals surface area contributed by atoms with Crippen LogP contribution in [0.2, 0.25) is 0 Å². The minimum atomic E-state index is -1.58. The zero-order valence-electron chi connectivity index (χ0n) is 19.0. The van der Waals surface area contributed by atoms with Crippen LogP contribution in [0.3, 0.4) is 0 Å². The Morgan fingerprint density at radius 3 is 2.63 bits per heavy atom. The van der Waals surface area contributed by atoms with Gasteiger partial charge in [0.25, 0.3) is 5.91 Å². The zero-order valence-corrected chi connectivity index (χ0v) is 25.3. The summed E-state index contributed by atoms with van der Waals surface area (Å²) in [6.45, 7) is 1.58. The molecule has 3 N–H and O–H groups in total. The van der Waals surface area contributed by atoms with Gasteiger partial charge >= 0.3 is 5.79 Å². The van der Waals surface area contributed by atoms with Gasteiger partial charge in [0.05, 0.1) is 33.6 Å². The number of likely N-dealkylation sites (N-methyl/N-ethyl adjacent to an activating group) is 1. The number of carbonyl (C=O) groups excluding carboxylic acids is 1. The predicted octanol–water partition coefficient (Wildman–Crippen LogP) is 4.21. The van der Waals surface area contributed by atoms with Gasteiger partial charge in [-0.1, -0.05) is 21.1 Å². The van der Waals surface area contributed by atoms with Gasteiger partial charge < -0.3 is 34.8 Å². The Morgan fingerprint density at radius 2 is 1.97 bits per heavy atom. The first-order chi connectivity index (χ1) is 16.7. The molecular formula is C22H25Br4N3O6. The number of carbonyl (C=O) groups is 1. The van der Waals surface area contributed by atoms with Crippen molar-refractivity contribution in [2.45, 2.75) is 31.2 Å². The quantitative estimate of drug-likeness (QED) is 0.308. The number of ether oxygens (including phenoxy) is 3. The highest BCUT2D eigenvalue weighted by Crippen LogP contribution is 2.41. The lowest BCUT2D eigenvalue weighted by Gasteiger charge is -2.27. The second-order valence-corrected chi connectivity index (χ2v) is 11.2. The molecule has 2 atom stereocenters. The highest BCUT2D eigenvalue weighted by molar-refractivity contribution is 9.12. The second kappa shape index (κ2) is 12.9. The van der Waals surface area contributed by atoms with E-state index in [1.54, 1.807) is 0 Å². The van der Waals surface area contributed by atoms with Crippen molar-refractivity contribution in [1.82, 2.24) is 10.6 Å². The summed E-state index contributed by atoms with van der Waals surface area (Å²) in [5, 5.41) is 20.5. The number of benzene rings is 1. The van der Waals surface area contributed by atoms with E-state index < -0.39 is 17.8 Å². The summed E-state index contributed by atoms with van der Waals surface area (Å²) in [7, 11) is 3.42. The van der Waals surface area contributed by atoms with Gasteiger partial charge in [-0.2, -0.15) is 0 Å². The number of oxime groups is 1. The summed E-state index contributed by atoms with van der Waals surface area (Å²) in [5.41, 5.74) is 1.01. The van der Waals surface area contributed by atoms with Crippen molar-refractivity contribution in [3.8, 4) is 5.75 Å². The normalized spacial score (nSPS) is 21.6. The SMILES string of the molecule is CNCCc1cc(Br)c(OCCCNC(=O)C2=NOC3(CC(Br)=C(OC)C(Br)=CO3)[C@H]2O)c(Br)c1. The van der Waals surface area contributed by atoms with Gasteiger partial charge in [0.1, 0.15) is 17.8 Å². The highest BCUT2D eigenvalue weighted by Gasteiger charge is 2.54. The van der Waals surface area contributed by atoms with E-state index in [0.29, 0.717) is 40.0 Å². The number of amides is 1. The van der Waals surface area contributed by atoms with Gasteiger partial charge in [0, 0.05) is 11.0 Å². The van der Waals surface area contributed by atoms with Crippen LogP contribution in [0.25, 0.3) is 0 Å². The van der Waals surface area contributed by atoms with E-state index in [-0.39, 0.29) is 12.1 Å². The molecule has 0 saturated heterocycles. The van der Waals surface area contributed by atoms with Crippen LogP contribution in [-0.4, -0.2) is 62.5 Å². The predicted molar refractivity (Wildman–Crippen MR) is 146 cm³/mol. The van der Waals surface area contributed by atoms with Gasteiger partial charge in [0.2, 0.25) is 0 Å². The number of halogens is 4. The highest BCUT2D eigenvalue weighted by atomic mass is 79.9. The fraction of sp³-hybridized carbons (Fsp3) is 0.455. The number of aliphatic hydroxyl groups excluding tert-OH is 1. The van der Waals surface area contributed by atoms with Gasteiger partial charge in [-0.3, -0.25) is 4.79 Å². The molecule has 0 aliphatic carbocycles. The number of rotatable bonds is 10. The summed E-state index contributed by atoms with van der Waals surface area (Å²) < 4.78 is 19.7. The molecule has 2 aliphatic rings. The van der Waals surface area contributed by atoms with Gasteiger partial charge in [-0.25, -0.2) is 0 Å². The van der Waals surface area contributed by atoms with Crippen LogP contribution in [0.5, 0.6) is 5.75 Å².